The molecular weight excluding hydrogens is 344 g/mol. The highest BCUT2D eigenvalue weighted by molar-refractivity contribution is 5.93. The molecule has 4 nitrogen and oxygen atoms in total. The molecule has 0 atom stereocenters. The number of hydrogen-bond donors (Lipinski definition) is 0. The zero-order valence-corrected chi connectivity index (χ0v) is 15.9. The van der Waals surface area contributed by atoms with E-state index in [9.17, 15) is 0 Å². The van der Waals surface area contributed by atoms with Crippen LogP contribution in [0.15, 0.2) is 79.3 Å². The third-order valence-corrected chi connectivity index (χ3v) is 5.73. The Kier molecular flexibility index (Phi) is 4.63. The molecule has 140 valence electrons. The predicted octanol–water partition coefficient (Wildman–Crippen LogP) is 4.94. The van der Waals surface area contributed by atoms with Gasteiger partial charge in [0.15, 0.2) is 0 Å². The highest BCUT2D eigenvalue weighted by Crippen LogP contribution is 2.29. The van der Waals surface area contributed by atoms with Crippen LogP contribution in [-0.2, 0) is 6.54 Å². The van der Waals surface area contributed by atoms with Crippen LogP contribution in [0.25, 0.3) is 22.0 Å². The molecule has 1 saturated heterocycles. The van der Waals surface area contributed by atoms with E-state index < -0.39 is 0 Å². The van der Waals surface area contributed by atoms with Gasteiger partial charge in [-0.2, -0.15) is 5.10 Å². The lowest BCUT2D eigenvalue weighted by molar-refractivity contribution is 0.173. The van der Waals surface area contributed by atoms with Gasteiger partial charge in [-0.05, 0) is 24.5 Å². The number of rotatable bonds is 4. The van der Waals surface area contributed by atoms with Gasteiger partial charge in [-0.1, -0.05) is 54.6 Å². The molecule has 0 radical (unpaired) electrons. The average Bonchev–Trinajstić information content (AvgIpc) is 3.25. The second-order valence-electron chi connectivity index (χ2n) is 7.58. The van der Waals surface area contributed by atoms with E-state index in [0.29, 0.717) is 6.04 Å². The van der Waals surface area contributed by atoms with Gasteiger partial charge < -0.3 is 0 Å². The van der Waals surface area contributed by atoms with E-state index in [4.69, 9.17) is 5.10 Å². The average molecular weight is 368 g/mol. The van der Waals surface area contributed by atoms with E-state index in [-0.39, 0.29) is 0 Å². The van der Waals surface area contributed by atoms with Gasteiger partial charge in [-0.3, -0.25) is 14.6 Å². The Morgan fingerprint density at radius 2 is 1.71 bits per heavy atom. The van der Waals surface area contributed by atoms with Gasteiger partial charge in [-0.25, -0.2) is 0 Å². The fourth-order valence-corrected chi connectivity index (χ4v) is 4.20. The first-order valence-corrected chi connectivity index (χ1v) is 10.0. The molecule has 1 aliphatic rings. The Morgan fingerprint density at radius 1 is 0.893 bits per heavy atom. The zero-order chi connectivity index (χ0) is 18.8. The van der Waals surface area contributed by atoms with Crippen molar-refractivity contribution >= 4 is 10.9 Å². The lowest BCUT2D eigenvalue weighted by Crippen LogP contribution is -2.34. The molecule has 0 amide bonds. The highest BCUT2D eigenvalue weighted by Gasteiger charge is 2.21. The van der Waals surface area contributed by atoms with Crippen molar-refractivity contribution in [3.63, 3.8) is 0 Å². The van der Waals surface area contributed by atoms with E-state index in [1.54, 1.807) is 0 Å². The van der Waals surface area contributed by atoms with Gasteiger partial charge in [0.1, 0.15) is 0 Å². The van der Waals surface area contributed by atoms with Crippen molar-refractivity contribution in [2.24, 2.45) is 0 Å². The Hall–Kier alpha value is -2.98. The zero-order valence-electron chi connectivity index (χ0n) is 15.9. The van der Waals surface area contributed by atoms with Gasteiger partial charge in [0.2, 0.25) is 0 Å². The van der Waals surface area contributed by atoms with Crippen molar-refractivity contribution < 1.29 is 0 Å². The summed E-state index contributed by atoms with van der Waals surface area (Å²) in [6, 6.07) is 21.7. The second kappa shape index (κ2) is 7.56. The molecule has 0 spiro atoms. The molecule has 0 bridgehead atoms. The van der Waals surface area contributed by atoms with Crippen molar-refractivity contribution in [1.29, 1.82) is 0 Å². The number of pyridine rings is 1. The van der Waals surface area contributed by atoms with Crippen LogP contribution in [-0.4, -0.2) is 32.8 Å². The molecule has 0 unspecified atom stereocenters. The van der Waals surface area contributed by atoms with Crippen molar-refractivity contribution in [2.75, 3.05) is 13.1 Å². The summed E-state index contributed by atoms with van der Waals surface area (Å²) in [5.41, 5.74) is 4.75. The SMILES string of the molecule is c1ccc(CN2CCC(n3cc(-c4cccc5cccnc45)cn3)CC2)cc1. The second-order valence-corrected chi connectivity index (χ2v) is 7.58. The van der Waals surface area contributed by atoms with Crippen LogP contribution in [0.2, 0.25) is 0 Å². The number of benzene rings is 2. The maximum absolute atomic E-state index is 4.70. The molecule has 4 heteroatoms. The molecule has 5 rings (SSSR count). The number of likely N-dealkylation sites (tertiary alicyclic amines) is 1. The molecule has 0 saturated carbocycles. The smallest absolute Gasteiger partial charge is 0.0781 e. The summed E-state index contributed by atoms with van der Waals surface area (Å²) in [6.45, 7) is 3.27. The molecule has 2 aromatic heterocycles. The first-order chi connectivity index (χ1) is 13.9. The van der Waals surface area contributed by atoms with Crippen LogP contribution in [0.1, 0.15) is 24.4 Å². The number of fused-ring (bicyclic) bond motifs is 1. The Balaban J connectivity index is 1.29. The summed E-state index contributed by atoms with van der Waals surface area (Å²) in [7, 11) is 0. The summed E-state index contributed by atoms with van der Waals surface area (Å²) in [6.07, 6.45) is 8.32. The number of aromatic nitrogens is 3. The topological polar surface area (TPSA) is 34.0 Å². The molecule has 4 aromatic rings. The first-order valence-electron chi connectivity index (χ1n) is 10.0. The highest BCUT2D eigenvalue weighted by atomic mass is 15.3. The molecular formula is C24H24N4. The minimum Gasteiger partial charge on any atom is -0.299 e. The maximum Gasteiger partial charge on any atom is 0.0781 e. The monoisotopic (exact) mass is 368 g/mol. The molecule has 0 aliphatic carbocycles. The largest absolute Gasteiger partial charge is 0.299 e. The molecule has 0 N–H and O–H groups in total. The van der Waals surface area contributed by atoms with Crippen LogP contribution in [0.5, 0.6) is 0 Å². The van der Waals surface area contributed by atoms with Crippen LogP contribution in [0.4, 0.5) is 0 Å². The van der Waals surface area contributed by atoms with E-state index in [0.717, 1.165) is 49.1 Å². The Labute approximate surface area is 165 Å². The van der Waals surface area contributed by atoms with Gasteiger partial charge in [0.25, 0.3) is 0 Å². The van der Waals surface area contributed by atoms with Gasteiger partial charge in [0, 0.05) is 48.5 Å². The summed E-state index contributed by atoms with van der Waals surface area (Å²) in [4.78, 5) is 7.13. The van der Waals surface area contributed by atoms with Crippen LogP contribution in [0, 0.1) is 0 Å². The lowest BCUT2D eigenvalue weighted by Gasteiger charge is -2.32. The summed E-state index contributed by atoms with van der Waals surface area (Å²) in [5.74, 6) is 0. The molecule has 3 heterocycles. The number of hydrogen-bond acceptors (Lipinski definition) is 3. The number of para-hydroxylation sites is 1. The number of nitrogens with zero attached hydrogens (tertiary/aromatic N) is 4. The van der Waals surface area contributed by atoms with Crippen LogP contribution in [0.3, 0.4) is 0 Å². The standard InChI is InChI=1S/C24H24N4/c1-2-6-19(7-3-1)17-27-14-11-22(12-15-27)28-18-21(16-26-28)23-10-4-8-20-9-5-13-25-24(20)23/h1-10,13,16,18,22H,11-12,14-15,17H2. The van der Waals surface area contributed by atoms with Crippen molar-refractivity contribution in [3.8, 4) is 11.1 Å². The van der Waals surface area contributed by atoms with E-state index in [1.165, 1.54) is 10.9 Å². The number of piperidine rings is 1. The molecule has 1 fully saturated rings. The van der Waals surface area contributed by atoms with E-state index >= 15 is 0 Å². The maximum atomic E-state index is 4.70. The van der Waals surface area contributed by atoms with E-state index in [2.05, 4.69) is 75.4 Å². The Morgan fingerprint density at radius 3 is 2.57 bits per heavy atom. The van der Waals surface area contributed by atoms with Crippen LogP contribution >= 0.6 is 0 Å². The fourth-order valence-electron chi connectivity index (χ4n) is 4.20. The predicted molar refractivity (Wildman–Crippen MR) is 113 cm³/mol. The summed E-state index contributed by atoms with van der Waals surface area (Å²) >= 11 is 0. The summed E-state index contributed by atoms with van der Waals surface area (Å²) in [5, 5.41) is 5.87. The third-order valence-electron chi connectivity index (χ3n) is 5.73. The quantitative estimate of drug-likeness (QED) is 0.512. The first kappa shape index (κ1) is 17.1. The van der Waals surface area contributed by atoms with E-state index in [1.807, 2.05) is 18.5 Å². The van der Waals surface area contributed by atoms with Gasteiger partial charge >= 0.3 is 0 Å². The van der Waals surface area contributed by atoms with Crippen molar-refractivity contribution in [3.05, 3.63) is 84.8 Å². The minimum atomic E-state index is 0.476. The molecule has 1 aliphatic heterocycles. The third kappa shape index (κ3) is 3.43. The minimum absolute atomic E-state index is 0.476. The lowest BCUT2D eigenvalue weighted by atomic mass is 10.0. The normalized spacial score (nSPS) is 15.9. The van der Waals surface area contributed by atoms with Gasteiger partial charge in [0.05, 0.1) is 17.8 Å². The summed E-state index contributed by atoms with van der Waals surface area (Å²) < 4.78 is 2.16. The van der Waals surface area contributed by atoms with Crippen molar-refractivity contribution in [1.82, 2.24) is 19.7 Å². The van der Waals surface area contributed by atoms with Crippen LogP contribution < -0.4 is 0 Å². The molecule has 2 aromatic carbocycles. The van der Waals surface area contributed by atoms with Gasteiger partial charge in [-0.15, -0.1) is 0 Å². The molecule has 28 heavy (non-hydrogen) atoms. The Bertz CT molecular complexity index is 1060. The van der Waals surface area contributed by atoms with Crippen molar-refractivity contribution in [2.45, 2.75) is 25.4 Å². The fraction of sp³-hybridized carbons (Fsp3) is 0.250.